The van der Waals surface area contributed by atoms with Gasteiger partial charge >= 0.3 is 0 Å². The van der Waals surface area contributed by atoms with Gasteiger partial charge in [0.25, 0.3) is 0 Å². The second kappa shape index (κ2) is 4.30. The molecule has 1 fully saturated rings. The molecule has 0 bridgehead atoms. The zero-order chi connectivity index (χ0) is 9.97. The van der Waals surface area contributed by atoms with Crippen molar-refractivity contribution >= 4 is 11.6 Å². The van der Waals surface area contributed by atoms with Gasteiger partial charge in [-0.3, -0.25) is 4.90 Å². The summed E-state index contributed by atoms with van der Waals surface area (Å²) in [6.07, 6.45) is 0. The summed E-state index contributed by atoms with van der Waals surface area (Å²) >= 11 is 5.84. The topological polar surface area (TPSA) is 12.5 Å². The van der Waals surface area contributed by atoms with Crippen LogP contribution in [0.25, 0.3) is 0 Å². The Balaban J connectivity index is 2.16. The Morgan fingerprint density at radius 3 is 2.71 bits per heavy atom. The van der Waals surface area contributed by atoms with Crippen molar-refractivity contribution < 1.29 is 4.74 Å². The van der Waals surface area contributed by atoms with Gasteiger partial charge < -0.3 is 4.74 Å². The average molecular weight is 212 g/mol. The minimum atomic E-state index is 0.376. The van der Waals surface area contributed by atoms with Crippen LogP contribution in [0.1, 0.15) is 11.6 Å². The number of benzene rings is 1. The zero-order valence-corrected chi connectivity index (χ0v) is 9.00. The van der Waals surface area contributed by atoms with E-state index in [1.807, 2.05) is 12.1 Å². The number of halogens is 1. The number of nitrogens with zero attached hydrogens (tertiary/aromatic N) is 1. The van der Waals surface area contributed by atoms with Gasteiger partial charge in [-0.05, 0) is 24.7 Å². The summed E-state index contributed by atoms with van der Waals surface area (Å²) in [5.41, 5.74) is 1.27. The maximum Gasteiger partial charge on any atom is 0.0664 e. The number of ether oxygens (including phenoxy) is 1. The molecule has 1 aliphatic rings. The fourth-order valence-electron chi connectivity index (χ4n) is 1.72. The van der Waals surface area contributed by atoms with Crippen LogP contribution in [0.15, 0.2) is 24.3 Å². The summed E-state index contributed by atoms with van der Waals surface area (Å²) in [5.74, 6) is 0. The first-order chi connectivity index (χ1) is 6.77. The summed E-state index contributed by atoms with van der Waals surface area (Å²) in [6, 6.07) is 8.37. The number of hydrogen-bond donors (Lipinski definition) is 0. The maximum atomic E-state index is 5.84. The van der Waals surface area contributed by atoms with Gasteiger partial charge in [0.05, 0.1) is 19.3 Å². The number of hydrogen-bond acceptors (Lipinski definition) is 2. The predicted molar refractivity (Wildman–Crippen MR) is 57.6 cm³/mol. The Morgan fingerprint density at radius 2 is 2.07 bits per heavy atom. The van der Waals surface area contributed by atoms with Gasteiger partial charge in [-0.15, -0.1) is 0 Å². The molecule has 0 spiro atoms. The molecular formula is C11H14ClNO. The molecule has 0 N–H and O–H groups in total. The van der Waals surface area contributed by atoms with Gasteiger partial charge in [-0.25, -0.2) is 0 Å². The van der Waals surface area contributed by atoms with Crippen LogP contribution >= 0.6 is 11.6 Å². The molecule has 1 atom stereocenters. The molecule has 1 aromatic carbocycles. The molecule has 2 rings (SSSR count). The fourth-order valence-corrected chi connectivity index (χ4v) is 1.85. The lowest BCUT2D eigenvalue weighted by atomic mass is 10.1. The van der Waals surface area contributed by atoms with E-state index in [1.165, 1.54) is 5.56 Å². The van der Waals surface area contributed by atoms with Crippen molar-refractivity contribution in [2.45, 2.75) is 6.04 Å². The third kappa shape index (κ3) is 2.08. The first-order valence-electron chi connectivity index (χ1n) is 4.81. The van der Waals surface area contributed by atoms with Crippen molar-refractivity contribution in [2.75, 3.05) is 26.8 Å². The highest BCUT2D eigenvalue weighted by atomic mass is 35.5. The van der Waals surface area contributed by atoms with Crippen LogP contribution in [0.5, 0.6) is 0 Å². The molecule has 0 amide bonds. The molecule has 1 aromatic rings. The van der Waals surface area contributed by atoms with Crippen molar-refractivity contribution in [3.8, 4) is 0 Å². The quantitative estimate of drug-likeness (QED) is 0.707. The summed E-state index contributed by atoms with van der Waals surface area (Å²) < 4.78 is 5.46. The lowest BCUT2D eigenvalue weighted by Crippen LogP contribution is -2.36. The minimum Gasteiger partial charge on any atom is -0.378 e. The van der Waals surface area contributed by atoms with Crippen molar-refractivity contribution in [3.63, 3.8) is 0 Å². The molecule has 1 heterocycles. The van der Waals surface area contributed by atoms with E-state index >= 15 is 0 Å². The molecule has 0 aromatic heterocycles. The number of likely N-dealkylation sites (N-methyl/N-ethyl adjacent to an activating group) is 1. The van der Waals surface area contributed by atoms with Crippen LogP contribution in [0.2, 0.25) is 5.02 Å². The summed E-state index contributed by atoms with van der Waals surface area (Å²) in [7, 11) is 2.13. The number of rotatable bonds is 1. The van der Waals surface area contributed by atoms with Crippen LogP contribution in [0, 0.1) is 0 Å². The van der Waals surface area contributed by atoms with E-state index in [1.54, 1.807) is 0 Å². The minimum absolute atomic E-state index is 0.376. The third-order valence-corrected chi connectivity index (χ3v) is 2.90. The first kappa shape index (κ1) is 9.97. The Bertz CT molecular complexity index is 299. The summed E-state index contributed by atoms with van der Waals surface area (Å²) in [5, 5.41) is 0.785. The fraction of sp³-hybridized carbons (Fsp3) is 0.455. The molecule has 1 aliphatic heterocycles. The largest absolute Gasteiger partial charge is 0.378 e. The highest BCUT2D eigenvalue weighted by Gasteiger charge is 2.20. The maximum absolute atomic E-state index is 5.84. The monoisotopic (exact) mass is 211 g/mol. The predicted octanol–water partition coefficient (Wildman–Crippen LogP) is 2.34. The van der Waals surface area contributed by atoms with Crippen molar-refractivity contribution in [2.24, 2.45) is 0 Å². The van der Waals surface area contributed by atoms with E-state index in [0.29, 0.717) is 6.04 Å². The summed E-state index contributed by atoms with van der Waals surface area (Å²) in [4.78, 5) is 2.31. The van der Waals surface area contributed by atoms with E-state index in [-0.39, 0.29) is 0 Å². The Kier molecular flexibility index (Phi) is 3.06. The van der Waals surface area contributed by atoms with Gasteiger partial charge in [0.1, 0.15) is 0 Å². The van der Waals surface area contributed by atoms with Gasteiger partial charge in [0.15, 0.2) is 0 Å². The second-order valence-corrected chi connectivity index (χ2v) is 4.06. The van der Waals surface area contributed by atoms with Crippen LogP contribution in [0.3, 0.4) is 0 Å². The summed E-state index contributed by atoms with van der Waals surface area (Å²) in [6.45, 7) is 2.60. The molecule has 1 unspecified atom stereocenters. The molecule has 2 nitrogen and oxygen atoms in total. The normalized spacial score (nSPS) is 23.7. The molecule has 76 valence electrons. The number of morpholine rings is 1. The van der Waals surface area contributed by atoms with Crippen molar-refractivity contribution in [3.05, 3.63) is 34.9 Å². The highest BCUT2D eigenvalue weighted by Crippen LogP contribution is 2.23. The van der Waals surface area contributed by atoms with Crippen LogP contribution < -0.4 is 0 Å². The standard InChI is InChI=1S/C11H14ClNO/c1-13-6-7-14-8-11(13)9-2-4-10(12)5-3-9/h2-5,11H,6-8H2,1H3. The van der Waals surface area contributed by atoms with Gasteiger partial charge in [-0.2, -0.15) is 0 Å². The van der Waals surface area contributed by atoms with E-state index < -0.39 is 0 Å². The van der Waals surface area contributed by atoms with E-state index in [2.05, 4.69) is 24.1 Å². The first-order valence-corrected chi connectivity index (χ1v) is 5.18. The SMILES string of the molecule is CN1CCOCC1c1ccc(Cl)cc1. The Hall–Kier alpha value is -0.570. The van der Waals surface area contributed by atoms with E-state index in [9.17, 15) is 0 Å². The smallest absolute Gasteiger partial charge is 0.0664 e. The Labute approximate surface area is 89.4 Å². The highest BCUT2D eigenvalue weighted by molar-refractivity contribution is 6.30. The zero-order valence-electron chi connectivity index (χ0n) is 8.24. The van der Waals surface area contributed by atoms with Crippen LogP contribution in [-0.4, -0.2) is 31.7 Å². The molecule has 0 radical (unpaired) electrons. The molecule has 0 aliphatic carbocycles. The lowest BCUT2D eigenvalue weighted by molar-refractivity contribution is 0.00506. The van der Waals surface area contributed by atoms with Crippen molar-refractivity contribution in [1.29, 1.82) is 0 Å². The molecular weight excluding hydrogens is 198 g/mol. The Morgan fingerprint density at radius 1 is 1.36 bits per heavy atom. The molecule has 14 heavy (non-hydrogen) atoms. The second-order valence-electron chi connectivity index (χ2n) is 3.62. The van der Waals surface area contributed by atoms with Crippen molar-refractivity contribution in [1.82, 2.24) is 4.90 Å². The molecule has 3 heteroatoms. The average Bonchev–Trinajstić information content (AvgIpc) is 2.20. The van der Waals surface area contributed by atoms with Gasteiger partial charge in [0.2, 0.25) is 0 Å². The van der Waals surface area contributed by atoms with E-state index in [0.717, 1.165) is 24.8 Å². The molecule has 1 saturated heterocycles. The lowest BCUT2D eigenvalue weighted by Gasteiger charge is -2.32. The van der Waals surface area contributed by atoms with Gasteiger partial charge in [-0.1, -0.05) is 23.7 Å². The molecule has 0 saturated carbocycles. The van der Waals surface area contributed by atoms with Crippen LogP contribution in [0.4, 0.5) is 0 Å². The van der Waals surface area contributed by atoms with E-state index in [4.69, 9.17) is 16.3 Å². The van der Waals surface area contributed by atoms with Crippen LogP contribution in [-0.2, 0) is 4.74 Å². The third-order valence-electron chi connectivity index (χ3n) is 2.65. The van der Waals surface area contributed by atoms with Gasteiger partial charge in [0, 0.05) is 11.6 Å².